The maximum absolute atomic E-state index is 12.1. The first-order chi connectivity index (χ1) is 20.5. The van der Waals surface area contributed by atoms with Crippen molar-refractivity contribution in [2.24, 2.45) is 0 Å². The van der Waals surface area contributed by atoms with Crippen molar-refractivity contribution < 1.29 is 24.2 Å². The number of hydrogen-bond donors (Lipinski definition) is 2. The minimum Gasteiger partial charge on any atom is -0.465 e. The topological polar surface area (TPSA) is 88.1 Å². The highest BCUT2D eigenvalue weighted by molar-refractivity contribution is 5.86. The van der Waals surface area contributed by atoms with Gasteiger partial charge in [-0.2, -0.15) is 0 Å². The van der Waals surface area contributed by atoms with Crippen LogP contribution in [0.25, 0.3) is 0 Å². The molecule has 0 saturated carbocycles. The van der Waals surface area contributed by atoms with Crippen LogP contribution in [0.5, 0.6) is 0 Å². The van der Waals surface area contributed by atoms with E-state index >= 15 is 0 Å². The van der Waals surface area contributed by atoms with E-state index < -0.39 is 12.2 Å². The van der Waals surface area contributed by atoms with Crippen molar-refractivity contribution in [1.82, 2.24) is 10.2 Å². The van der Waals surface area contributed by atoms with Gasteiger partial charge in [-0.05, 0) is 54.5 Å². The van der Waals surface area contributed by atoms with E-state index in [2.05, 4.69) is 50.2 Å². The number of carbonyl (C=O) groups is 2. The predicted octanol–water partition coefficient (Wildman–Crippen LogP) is 7.97. The number of nitrogens with one attached hydrogen (secondary N) is 1. The molecule has 0 saturated heterocycles. The fraction of sp³-hybridized carbons (Fsp3) is 0.571. The maximum Gasteiger partial charge on any atom is 0.419 e. The number of fused-ring (bicyclic) bond motifs is 2. The van der Waals surface area contributed by atoms with E-state index in [1.54, 1.807) is 0 Å². The molecular weight excluding hydrogens is 528 g/mol. The van der Waals surface area contributed by atoms with Crippen molar-refractivity contribution in [3.63, 3.8) is 0 Å². The number of rotatable bonds is 16. The third-order valence-corrected chi connectivity index (χ3v) is 7.93. The standard InChI is InChI=1S/C18H25NO4.C17H25NO/c1-2-3-4-5-8-11-19(17(20)21)18(22)23-16-12-14-9-6-7-10-15(14)13-16;1-2-3-4-5-8-11-18-14-19-17-12-15-9-6-7-10-16(15)13-17/h6-7,9-10,16H,2-5,8,11-13H2,1H3,(H,20,21);6-7,9-10,17-18H,2-5,8,11-13H2,1H3. The van der Waals surface area contributed by atoms with E-state index in [-0.39, 0.29) is 18.8 Å². The molecular formula is C35H50N2O5. The Bertz CT molecular complexity index is 1020. The normalized spacial score (nSPS) is 14.1. The molecule has 2 aromatic carbocycles. The molecule has 2 amide bonds. The molecule has 7 nitrogen and oxygen atoms in total. The summed E-state index contributed by atoms with van der Waals surface area (Å²) in [5.41, 5.74) is 5.20. The van der Waals surface area contributed by atoms with E-state index in [4.69, 9.17) is 9.47 Å². The van der Waals surface area contributed by atoms with Crippen LogP contribution >= 0.6 is 0 Å². The average molecular weight is 579 g/mol. The van der Waals surface area contributed by atoms with Gasteiger partial charge in [0.05, 0.1) is 6.10 Å². The second kappa shape index (κ2) is 19.3. The largest absolute Gasteiger partial charge is 0.465 e. The highest BCUT2D eigenvalue weighted by Crippen LogP contribution is 2.25. The minimum absolute atomic E-state index is 0.206. The molecule has 0 aromatic heterocycles. The number of benzene rings is 2. The number of hydrogen-bond acceptors (Lipinski definition) is 5. The Hall–Kier alpha value is -2.90. The molecule has 2 N–H and O–H groups in total. The zero-order valence-corrected chi connectivity index (χ0v) is 25.6. The Morgan fingerprint density at radius 3 is 1.74 bits per heavy atom. The second-order valence-electron chi connectivity index (χ2n) is 11.4. The van der Waals surface area contributed by atoms with Gasteiger partial charge in [-0.15, -0.1) is 0 Å². The van der Waals surface area contributed by atoms with E-state index in [1.165, 1.54) is 54.4 Å². The zero-order chi connectivity index (χ0) is 30.0. The zero-order valence-electron chi connectivity index (χ0n) is 25.6. The molecule has 2 aliphatic carbocycles. The summed E-state index contributed by atoms with van der Waals surface area (Å²) in [6.45, 7) is 8.45. The molecule has 2 radical (unpaired) electrons. The summed E-state index contributed by atoms with van der Waals surface area (Å²) >= 11 is 0. The second-order valence-corrected chi connectivity index (χ2v) is 11.4. The first-order valence-corrected chi connectivity index (χ1v) is 16.0. The Morgan fingerprint density at radius 2 is 1.24 bits per heavy atom. The van der Waals surface area contributed by atoms with Crippen molar-refractivity contribution >= 4 is 12.2 Å². The van der Waals surface area contributed by atoms with Crippen LogP contribution in [0.3, 0.4) is 0 Å². The lowest BCUT2D eigenvalue weighted by Crippen LogP contribution is -2.39. The van der Waals surface area contributed by atoms with Crippen LogP contribution < -0.4 is 5.32 Å². The fourth-order valence-electron chi connectivity index (χ4n) is 5.54. The average Bonchev–Trinajstić information content (AvgIpc) is 3.59. The summed E-state index contributed by atoms with van der Waals surface area (Å²) in [6.07, 6.45) is 12.8. The molecule has 0 fully saturated rings. The Kier molecular flexibility index (Phi) is 15.5. The molecule has 0 aliphatic heterocycles. The maximum atomic E-state index is 12.1. The van der Waals surface area contributed by atoms with Gasteiger partial charge in [-0.1, -0.05) is 114 Å². The molecule has 0 spiro atoms. The number of carbonyl (C=O) groups excluding carboxylic acids is 1. The van der Waals surface area contributed by atoms with Crippen LogP contribution in [0.1, 0.15) is 100 Å². The van der Waals surface area contributed by atoms with E-state index in [0.29, 0.717) is 19.3 Å². The quantitative estimate of drug-likeness (QED) is 0.155. The number of ether oxygens (including phenoxy) is 2. The van der Waals surface area contributed by atoms with Gasteiger partial charge in [0.2, 0.25) is 6.73 Å². The van der Waals surface area contributed by atoms with Gasteiger partial charge in [-0.3, -0.25) is 5.32 Å². The van der Waals surface area contributed by atoms with Crippen LogP contribution in [-0.4, -0.2) is 47.5 Å². The Balaban J connectivity index is 0.000000235. The molecule has 230 valence electrons. The summed E-state index contributed by atoms with van der Waals surface area (Å²) in [7, 11) is 0. The first-order valence-electron chi connectivity index (χ1n) is 16.0. The van der Waals surface area contributed by atoms with Gasteiger partial charge in [0.25, 0.3) is 0 Å². The molecule has 0 heterocycles. The monoisotopic (exact) mass is 578 g/mol. The number of carboxylic acid groups (broad SMARTS) is 1. The molecule has 2 aliphatic rings. The lowest BCUT2D eigenvalue weighted by atomic mass is 10.1. The summed E-state index contributed by atoms with van der Waals surface area (Å²) in [5, 5.41) is 12.4. The van der Waals surface area contributed by atoms with E-state index in [1.807, 2.05) is 24.3 Å². The van der Waals surface area contributed by atoms with Crippen LogP contribution in [0.15, 0.2) is 48.5 Å². The third kappa shape index (κ3) is 11.8. The number of amides is 2. The van der Waals surface area contributed by atoms with E-state index in [0.717, 1.165) is 50.0 Å². The van der Waals surface area contributed by atoms with Crippen molar-refractivity contribution in [2.75, 3.05) is 13.1 Å². The lowest BCUT2D eigenvalue weighted by Gasteiger charge is -2.19. The van der Waals surface area contributed by atoms with Gasteiger partial charge in [-0.25, -0.2) is 14.5 Å². The van der Waals surface area contributed by atoms with Crippen molar-refractivity contribution in [2.45, 2.75) is 116 Å². The Morgan fingerprint density at radius 1 is 0.762 bits per heavy atom. The van der Waals surface area contributed by atoms with E-state index in [9.17, 15) is 14.7 Å². The van der Waals surface area contributed by atoms with Crippen LogP contribution in [0.4, 0.5) is 9.59 Å². The number of unbranched alkanes of at least 4 members (excludes halogenated alkanes) is 8. The highest BCUT2D eigenvalue weighted by atomic mass is 16.6. The summed E-state index contributed by atoms with van der Waals surface area (Å²) in [5.74, 6) is 0. The molecule has 7 heteroatoms. The first kappa shape index (κ1) is 33.6. The summed E-state index contributed by atoms with van der Waals surface area (Å²) in [4.78, 5) is 24.2. The molecule has 42 heavy (non-hydrogen) atoms. The smallest absolute Gasteiger partial charge is 0.419 e. The highest BCUT2D eigenvalue weighted by Gasteiger charge is 2.29. The number of nitrogens with zero attached hydrogens (tertiary/aromatic N) is 1. The summed E-state index contributed by atoms with van der Waals surface area (Å²) in [6, 6.07) is 16.6. The van der Waals surface area contributed by atoms with Crippen molar-refractivity contribution in [3.8, 4) is 0 Å². The molecule has 0 atom stereocenters. The molecule has 2 aromatic rings. The van der Waals surface area contributed by atoms with Gasteiger partial charge in [0, 0.05) is 19.4 Å². The lowest BCUT2D eigenvalue weighted by molar-refractivity contribution is 0.0649. The van der Waals surface area contributed by atoms with Gasteiger partial charge < -0.3 is 14.6 Å². The fourth-order valence-corrected chi connectivity index (χ4v) is 5.54. The van der Waals surface area contributed by atoms with Gasteiger partial charge in [0.1, 0.15) is 6.10 Å². The Labute approximate surface area is 253 Å². The van der Waals surface area contributed by atoms with Crippen LogP contribution in [-0.2, 0) is 35.2 Å². The molecule has 0 bridgehead atoms. The summed E-state index contributed by atoms with van der Waals surface area (Å²) < 4.78 is 11.1. The number of imide groups is 1. The van der Waals surface area contributed by atoms with Crippen LogP contribution in [0, 0.1) is 6.73 Å². The predicted molar refractivity (Wildman–Crippen MR) is 166 cm³/mol. The van der Waals surface area contributed by atoms with Gasteiger partial charge in [0.15, 0.2) is 0 Å². The molecule has 0 unspecified atom stereocenters. The van der Waals surface area contributed by atoms with Crippen molar-refractivity contribution in [1.29, 1.82) is 0 Å². The third-order valence-electron chi connectivity index (χ3n) is 7.93. The van der Waals surface area contributed by atoms with Gasteiger partial charge >= 0.3 is 12.2 Å². The molecule has 4 rings (SSSR count). The minimum atomic E-state index is -1.24. The SMILES string of the molecule is CCCCCCCN(C(=O)O)C(=O)OC1Cc2ccccc2C1.CCCCCCCN[C]OC1Cc2ccccc2C1. The van der Waals surface area contributed by atoms with Crippen LogP contribution in [0.2, 0.25) is 0 Å². The van der Waals surface area contributed by atoms with Crippen molar-refractivity contribution in [3.05, 3.63) is 77.5 Å².